The number of nitrogens with zero attached hydrogens (tertiary/aromatic N) is 1. The molecule has 8 heteroatoms. The van der Waals surface area contributed by atoms with E-state index in [0.29, 0.717) is 10.6 Å². The third kappa shape index (κ3) is 5.45. The van der Waals surface area contributed by atoms with Crippen molar-refractivity contribution in [1.29, 1.82) is 0 Å². The fourth-order valence-corrected chi connectivity index (χ4v) is 1.85. The predicted molar refractivity (Wildman–Crippen MR) is 78.9 cm³/mol. The lowest BCUT2D eigenvalue weighted by molar-refractivity contribution is -0.143. The number of hydrogen-bond donors (Lipinski definition) is 2. The summed E-state index contributed by atoms with van der Waals surface area (Å²) in [4.78, 5) is 34.2. The Morgan fingerprint density at radius 1 is 1.24 bits per heavy atom. The predicted octanol–water partition coefficient (Wildman–Crippen LogP) is 1.41. The summed E-state index contributed by atoms with van der Waals surface area (Å²) in [6.07, 6.45) is 2.48. The first-order valence-corrected chi connectivity index (χ1v) is 6.48. The zero-order chi connectivity index (χ0) is 16.0. The standard InChI is InChI=1S/C13H12Cl2N2O4/c14-9-3-1-2-8(13(9)15)4-5-11(19)17(6-10(16)18)7-12(20)21/h1-5H,6-7H2,(H2,16,18)(H,20,21)/b5-4+. The van der Waals surface area contributed by atoms with Gasteiger partial charge in [-0.25, -0.2) is 0 Å². The molecule has 0 heterocycles. The molecule has 0 saturated carbocycles. The molecule has 21 heavy (non-hydrogen) atoms. The van der Waals surface area contributed by atoms with Crippen molar-refractivity contribution >= 4 is 47.1 Å². The lowest BCUT2D eigenvalue weighted by Crippen LogP contribution is -2.40. The Morgan fingerprint density at radius 2 is 1.90 bits per heavy atom. The SMILES string of the molecule is NC(=O)CN(CC(=O)O)C(=O)/C=C/c1cccc(Cl)c1Cl. The summed E-state index contributed by atoms with van der Waals surface area (Å²) in [5.41, 5.74) is 5.46. The van der Waals surface area contributed by atoms with E-state index in [9.17, 15) is 14.4 Å². The van der Waals surface area contributed by atoms with Gasteiger partial charge in [0.25, 0.3) is 0 Å². The molecule has 1 aromatic rings. The number of benzene rings is 1. The van der Waals surface area contributed by atoms with Crippen molar-refractivity contribution in [1.82, 2.24) is 4.90 Å². The van der Waals surface area contributed by atoms with Crippen LogP contribution in [0.25, 0.3) is 6.08 Å². The van der Waals surface area contributed by atoms with Gasteiger partial charge in [0.1, 0.15) is 13.1 Å². The smallest absolute Gasteiger partial charge is 0.323 e. The normalized spacial score (nSPS) is 10.6. The maximum Gasteiger partial charge on any atom is 0.323 e. The highest BCUT2D eigenvalue weighted by atomic mass is 35.5. The van der Waals surface area contributed by atoms with Gasteiger partial charge in [0, 0.05) is 6.08 Å². The summed E-state index contributed by atoms with van der Waals surface area (Å²) >= 11 is 11.8. The largest absolute Gasteiger partial charge is 0.480 e. The van der Waals surface area contributed by atoms with Gasteiger partial charge >= 0.3 is 5.97 Å². The molecule has 0 saturated heterocycles. The summed E-state index contributed by atoms with van der Waals surface area (Å²) in [6.45, 7) is -1.12. The molecule has 0 spiro atoms. The van der Waals surface area contributed by atoms with Crippen LogP contribution in [0.2, 0.25) is 10.0 Å². The van der Waals surface area contributed by atoms with Crippen LogP contribution < -0.4 is 5.73 Å². The van der Waals surface area contributed by atoms with E-state index >= 15 is 0 Å². The molecule has 0 fully saturated rings. The zero-order valence-electron chi connectivity index (χ0n) is 10.8. The molecule has 6 nitrogen and oxygen atoms in total. The van der Waals surface area contributed by atoms with Gasteiger partial charge in [0.05, 0.1) is 10.0 Å². The van der Waals surface area contributed by atoms with E-state index in [-0.39, 0.29) is 5.02 Å². The third-order valence-corrected chi connectivity index (χ3v) is 3.20. The molecule has 1 rings (SSSR count). The maximum atomic E-state index is 11.9. The van der Waals surface area contributed by atoms with Crippen LogP contribution in [0, 0.1) is 0 Å². The summed E-state index contributed by atoms with van der Waals surface area (Å²) in [5, 5.41) is 9.29. The Balaban J connectivity index is 2.89. The first kappa shape index (κ1) is 17.0. The van der Waals surface area contributed by atoms with Crippen LogP contribution in [-0.2, 0) is 14.4 Å². The van der Waals surface area contributed by atoms with Gasteiger partial charge in [-0.2, -0.15) is 0 Å². The molecule has 1 aromatic carbocycles. The third-order valence-electron chi connectivity index (χ3n) is 2.37. The van der Waals surface area contributed by atoms with Crippen LogP contribution in [-0.4, -0.2) is 40.9 Å². The van der Waals surface area contributed by atoms with Gasteiger partial charge in [-0.05, 0) is 17.7 Å². The van der Waals surface area contributed by atoms with Crippen molar-refractivity contribution in [2.24, 2.45) is 5.73 Å². The molecule has 0 aliphatic carbocycles. The summed E-state index contributed by atoms with van der Waals surface area (Å²) in [5.74, 6) is -2.73. The lowest BCUT2D eigenvalue weighted by Gasteiger charge is -2.16. The van der Waals surface area contributed by atoms with Crippen molar-refractivity contribution in [3.63, 3.8) is 0 Å². The van der Waals surface area contributed by atoms with E-state index < -0.39 is 30.9 Å². The van der Waals surface area contributed by atoms with E-state index in [1.165, 1.54) is 6.08 Å². The minimum atomic E-state index is -1.25. The van der Waals surface area contributed by atoms with Gasteiger partial charge in [-0.3, -0.25) is 14.4 Å². The van der Waals surface area contributed by atoms with Gasteiger partial charge in [0.2, 0.25) is 11.8 Å². The summed E-state index contributed by atoms with van der Waals surface area (Å²) in [7, 11) is 0. The quantitative estimate of drug-likeness (QED) is 0.770. The number of halogens is 2. The first-order valence-electron chi connectivity index (χ1n) is 5.72. The molecule has 0 unspecified atom stereocenters. The topological polar surface area (TPSA) is 101 Å². The fourth-order valence-electron chi connectivity index (χ4n) is 1.48. The van der Waals surface area contributed by atoms with Crippen LogP contribution in [0.5, 0.6) is 0 Å². The molecule has 0 atom stereocenters. The second-order valence-electron chi connectivity index (χ2n) is 4.03. The molecule has 0 aliphatic rings. The average molecular weight is 331 g/mol. The summed E-state index contributed by atoms with van der Waals surface area (Å²) < 4.78 is 0. The van der Waals surface area contributed by atoms with Crippen molar-refractivity contribution < 1.29 is 19.5 Å². The highest BCUT2D eigenvalue weighted by molar-refractivity contribution is 6.42. The second kappa shape index (κ2) is 7.66. The highest BCUT2D eigenvalue weighted by Gasteiger charge is 2.16. The Kier molecular flexibility index (Phi) is 6.20. The van der Waals surface area contributed by atoms with Crippen LogP contribution in [0.1, 0.15) is 5.56 Å². The maximum absolute atomic E-state index is 11.9. The number of nitrogens with two attached hydrogens (primary N) is 1. The van der Waals surface area contributed by atoms with Crippen LogP contribution in [0.15, 0.2) is 24.3 Å². The van der Waals surface area contributed by atoms with E-state index in [4.69, 9.17) is 34.0 Å². The number of carboxylic acid groups (broad SMARTS) is 1. The lowest BCUT2D eigenvalue weighted by atomic mass is 10.2. The highest BCUT2D eigenvalue weighted by Crippen LogP contribution is 2.26. The number of carbonyl (C=O) groups is 3. The van der Waals surface area contributed by atoms with Crippen molar-refractivity contribution in [3.05, 3.63) is 39.9 Å². The van der Waals surface area contributed by atoms with Gasteiger partial charge in [-0.1, -0.05) is 35.3 Å². The van der Waals surface area contributed by atoms with Crippen molar-refractivity contribution in [3.8, 4) is 0 Å². The Morgan fingerprint density at radius 3 is 2.48 bits per heavy atom. The molecule has 2 amide bonds. The minimum Gasteiger partial charge on any atom is -0.480 e. The number of carbonyl (C=O) groups excluding carboxylic acids is 2. The summed E-state index contributed by atoms with van der Waals surface area (Å²) in [6, 6.07) is 4.87. The molecular formula is C13H12Cl2N2O4. The number of primary amides is 1. The minimum absolute atomic E-state index is 0.267. The second-order valence-corrected chi connectivity index (χ2v) is 4.82. The van der Waals surface area contributed by atoms with E-state index in [1.54, 1.807) is 18.2 Å². The molecule has 0 bridgehead atoms. The first-order chi connectivity index (χ1) is 9.81. The number of aliphatic carboxylic acids is 1. The monoisotopic (exact) mass is 330 g/mol. The van der Waals surface area contributed by atoms with Gasteiger partial charge in [0.15, 0.2) is 0 Å². The fraction of sp³-hybridized carbons (Fsp3) is 0.154. The van der Waals surface area contributed by atoms with Crippen LogP contribution in [0.3, 0.4) is 0 Å². The molecule has 0 aromatic heterocycles. The van der Waals surface area contributed by atoms with Crippen LogP contribution >= 0.6 is 23.2 Å². The van der Waals surface area contributed by atoms with E-state index in [2.05, 4.69) is 0 Å². The van der Waals surface area contributed by atoms with E-state index in [1.807, 2.05) is 0 Å². The molecule has 112 valence electrons. The van der Waals surface area contributed by atoms with Crippen LogP contribution in [0.4, 0.5) is 0 Å². The van der Waals surface area contributed by atoms with Crippen molar-refractivity contribution in [2.75, 3.05) is 13.1 Å². The molecular weight excluding hydrogens is 319 g/mol. The van der Waals surface area contributed by atoms with Crippen molar-refractivity contribution in [2.45, 2.75) is 0 Å². The zero-order valence-corrected chi connectivity index (χ0v) is 12.3. The average Bonchev–Trinajstić information content (AvgIpc) is 2.38. The number of rotatable bonds is 6. The number of hydrogen-bond acceptors (Lipinski definition) is 3. The van der Waals surface area contributed by atoms with Gasteiger partial charge in [-0.15, -0.1) is 0 Å². The Bertz CT molecular complexity index is 586. The Labute approximate surface area is 130 Å². The van der Waals surface area contributed by atoms with Gasteiger partial charge < -0.3 is 15.7 Å². The Hall–Kier alpha value is -2.05. The number of amides is 2. The molecule has 3 N–H and O–H groups in total. The molecule has 0 radical (unpaired) electrons. The number of carboxylic acids is 1. The molecule has 0 aliphatic heterocycles. The van der Waals surface area contributed by atoms with E-state index in [0.717, 1.165) is 11.0 Å².